The average molecular weight is 184 g/mol. The predicted molar refractivity (Wildman–Crippen MR) is 47.6 cm³/mol. The lowest BCUT2D eigenvalue weighted by Gasteiger charge is -2.10. The van der Waals surface area contributed by atoms with Gasteiger partial charge in [-0.05, 0) is 18.1 Å². The first-order valence-electron chi connectivity index (χ1n) is 4.09. The van der Waals surface area contributed by atoms with Gasteiger partial charge in [-0.3, -0.25) is 4.98 Å². The number of rotatable bonds is 4. The molecule has 0 aliphatic heterocycles. The van der Waals surface area contributed by atoms with Crippen LogP contribution in [0, 0.1) is 5.82 Å². The molecule has 1 aromatic heterocycles. The Morgan fingerprint density at radius 2 is 2.38 bits per heavy atom. The highest BCUT2D eigenvalue weighted by Gasteiger charge is 2.06. The Bertz CT molecular complexity index is 268. The van der Waals surface area contributed by atoms with Crippen LogP contribution >= 0.6 is 0 Å². The van der Waals surface area contributed by atoms with Gasteiger partial charge in [-0.2, -0.15) is 0 Å². The van der Waals surface area contributed by atoms with Crippen LogP contribution in [0.4, 0.5) is 4.39 Å². The van der Waals surface area contributed by atoms with Crippen molar-refractivity contribution in [3.63, 3.8) is 0 Å². The van der Waals surface area contributed by atoms with Crippen molar-refractivity contribution in [2.45, 2.75) is 12.5 Å². The molecule has 1 unspecified atom stereocenters. The first-order chi connectivity index (χ1) is 6.24. The van der Waals surface area contributed by atoms with Crippen molar-refractivity contribution >= 4 is 0 Å². The largest absolute Gasteiger partial charge is 0.385 e. The van der Waals surface area contributed by atoms with E-state index in [1.807, 2.05) is 0 Å². The number of pyridine rings is 1. The molecule has 0 aliphatic rings. The van der Waals surface area contributed by atoms with Crippen LogP contribution < -0.4 is 5.73 Å². The molecule has 0 saturated carbocycles. The SMILES string of the molecule is COCCC(N)c1cncc(F)c1. The summed E-state index contributed by atoms with van der Waals surface area (Å²) in [6.45, 7) is 0.567. The lowest BCUT2D eigenvalue weighted by atomic mass is 10.1. The van der Waals surface area contributed by atoms with Crippen molar-refractivity contribution in [2.24, 2.45) is 5.73 Å². The van der Waals surface area contributed by atoms with Crippen LogP contribution in [0.25, 0.3) is 0 Å². The maximum Gasteiger partial charge on any atom is 0.141 e. The molecule has 2 N–H and O–H groups in total. The molecule has 1 aromatic rings. The standard InChI is InChI=1S/C9H13FN2O/c1-13-3-2-9(11)7-4-8(10)6-12-5-7/h4-6,9H,2-3,11H2,1H3. The number of nitrogens with zero attached hydrogens (tertiary/aromatic N) is 1. The van der Waals surface area contributed by atoms with Gasteiger partial charge in [0.25, 0.3) is 0 Å². The fraction of sp³-hybridized carbons (Fsp3) is 0.444. The van der Waals surface area contributed by atoms with Crippen LogP contribution in [-0.2, 0) is 4.74 Å². The summed E-state index contributed by atoms with van der Waals surface area (Å²) in [5, 5.41) is 0. The second kappa shape index (κ2) is 4.89. The third-order valence-corrected chi connectivity index (χ3v) is 1.79. The molecule has 0 aliphatic carbocycles. The molecule has 0 amide bonds. The first-order valence-corrected chi connectivity index (χ1v) is 4.09. The van der Waals surface area contributed by atoms with E-state index in [1.165, 1.54) is 6.07 Å². The van der Waals surface area contributed by atoms with Crippen molar-refractivity contribution in [3.8, 4) is 0 Å². The Morgan fingerprint density at radius 1 is 1.62 bits per heavy atom. The Labute approximate surface area is 76.7 Å². The lowest BCUT2D eigenvalue weighted by molar-refractivity contribution is 0.188. The number of ether oxygens (including phenoxy) is 1. The van der Waals surface area contributed by atoms with Gasteiger partial charge in [0, 0.05) is 26.0 Å². The van der Waals surface area contributed by atoms with Crippen LogP contribution in [-0.4, -0.2) is 18.7 Å². The molecule has 0 radical (unpaired) electrons. The van der Waals surface area contributed by atoms with Crippen LogP contribution in [0.3, 0.4) is 0 Å². The summed E-state index contributed by atoms with van der Waals surface area (Å²) in [7, 11) is 1.61. The summed E-state index contributed by atoms with van der Waals surface area (Å²) >= 11 is 0. The Kier molecular flexibility index (Phi) is 3.79. The number of halogens is 1. The van der Waals surface area contributed by atoms with E-state index < -0.39 is 0 Å². The van der Waals surface area contributed by atoms with E-state index in [2.05, 4.69) is 4.98 Å². The van der Waals surface area contributed by atoms with Crippen molar-refractivity contribution in [2.75, 3.05) is 13.7 Å². The maximum absolute atomic E-state index is 12.7. The molecule has 3 nitrogen and oxygen atoms in total. The third-order valence-electron chi connectivity index (χ3n) is 1.79. The van der Waals surface area contributed by atoms with Crippen LogP contribution in [0.5, 0.6) is 0 Å². The number of hydrogen-bond acceptors (Lipinski definition) is 3. The molecule has 1 atom stereocenters. The van der Waals surface area contributed by atoms with Crippen LogP contribution in [0.2, 0.25) is 0 Å². The molecule has 0 aromatic carbocycles. The molecular weight excluding hydrogens is 171 g/mol. The summed E-state index contributed by atoms with van der Waals surface area (Å²) in [4.78, 5) is 3.72. The molecule has 0 saturated heterocycles. The molecular formula is C9H13FN2O. The molecule has 0 spiro atoms. The van der Waals surface area contributed by atoms with Gasteiger partial charge in [-0.15, -0.1) is 0 Å². The number of hydrogen-bond donors (Lipinski definition) is 1. The first kappa shape index (κ1) is 10.1. The zero-order chi connectivity index (χ0) is 9.68. The molecule has 1 heterocycles. The van der Waals surface area contributed by atoms with Crippen molar-refractivity contribution < 1.29 is 9.13 Å². The van der Waals surface area contributed by atoms with E-state index in [9.17, 15) is 4.39 Å². The van der Waals surface area contributed by atoms with Crippen LogP contribution in [0.15, 0.2) is 18.5 Å². The van der Waals surface area contributed by atoms with Gasteiger partial charge in [0.05, 0.1) is 6.20 Å². The Hall–Kier alpha value is -1.00. The van der Waals surface area contributed by atoms with Crippen LogP contribution in [0.1, 0.15) is 18.0 Å². The zero-order valence-electron chi connectivity index (χ0n) is 7.53. The van der Waals surface area contributed by atoms with Gasteiger partial charge in [0.15, 0.2) is 0 Å². The Balaban J connectivity index is 2.60. The molecule has 72 valence electrons. The van der Waals surface area contributed by atoms with Crippen molar-refractivity contribution in [1.82, 2.24) is 4.98 Å². The highest BCUT2D eigenvalue weighted by atomic mass is 19.1. The van der Waals surface area contributed by atoms with E-state index in [4.69, 9.17) is 10.5 Å². The topological polar surface area (TPSA) is 48.1 Å². The predicted octanol–water partition coefficient (Wildman–Crippen LogP) is 1.26. The quantitative estimate of drug-likeness (QED) is 0.766. The summed E-state index contributed by atoms with van der Waals surface area (Å²) < 4.78 is 17.6. The lowest BCUT2D eigenvalue weighted by Crippen LogP contribution is -2.13. The van der Waals surface area contributed by atoms with Gasteiger partial charge >= 0.3 is 0 Å². The number of methoxy groups -OCH3 is 1. The van der Waals surface area contributed by atoms with Crippen molar-refractivity contribution in [1.29, 1.82) is 0 Å². The molecule has 1 rings (SSSR count). The molecule has 4 heteroatoms. The zero-order valence-corrected chi connectivity index (χ0v) is 7.53. The average Bonchev–Trinajstić information content (AvgIpc) is 2.14. The maximum atomic E-state index is 12.7. The summed E-state index contributed by atoms with van der Waals surface area (Å²) in [5.74, 6) is -0.356. The molecule has 13 heavy (non-hydrogen) atoms. The smallest absolute Gasteiger partial charge is 0.141 e. The number of nitrogens with two attached hydrogens (primary N) is 1. The molecule has 0 fully saturated rings. The van der Waals surface area contributed by atoms with E-state index in [0.29, 0.717) is 18.6 Å². The highest BCUT2D eigenvalue weighted by molar-refractivity contribution is 5.14. The monoisotopic (exact) mass is 184 g/mol. The minimum Gasteiger partial charge on any atom is -0.385 e. The van der Waals surface area contributed by atoms with Gasteiger partial charge in [-0.25, -0.2) is 4.39 Å². The van der Waals surface area contributed by atoms with E-state index in [1.54, 1.807) is 13.3 Å². The second-order valence-electron chi connectivity index (χ2n) is 2.82. The number of aromatic nitrogens is 1. The summed E-state index contributed by atoms with van der Waals surface area (Å²) in [6, 6.07) is 1.19. The fourth-order valence-electron chi connectivity index (χ4n) is 1.04. The fourth-order valence-corrected chi connectivity index (χ4v) is 1.04. The van der Waals surface area contributed by atoms with E-state index in [0.717, 1.165) is 6.20 Å². The highest BCUT2D eigenvalue weighted by Crippen LogP contribution is 2.13. The minimum atomic E-state index is -0.356. The summed E-state index contributed by atoms with van der Waals surface area (Å²) in [6.07, 6.45) is 3.40. The van der Waals surface area contributed by atoms with Gasteiger partial charge in [0.2, 0.25) is 0 Å². The summed E-state index contributed by atoms with van der Waals surface area (Å²) in [5.41, 5.74) is 6.47. The minimum absolute atomic E-state index is 0.205. The third kappa shape index (κ3) is 3.08. The van der Waals surface area contributed by atoms with Gasteiger partial charge in [-0.1, -0.05) is 0 Å². The second-order valence-corrected chi connectivity index (χ2v) is 2.82. The van der Waals surface area contributed by atoms with Crippen molar-refractivity contribution in [3.05, 3.63) is 29.8 Å². The van der Waals surface area contributed by atoms with E-state index >= 15 is 0 Å². The Morgan fingerprint density at radius 3 is 3.00 bits per heavy atom. The van der Waals surface area contributed by atoms with E-state index in [-0.39, 0.29) is 11.9 Å². The van der Waals surface area contributed by atoms with Gasteiger partial charge < -0.3 is 10.5 Å². The molecule has 0 bridgehead atoms. The normalized spacial score (nSPS) is 12.8. The van der Waals surface area contributed by atoms with Gasteiger partial charge in [0.1, 0.15) is 5.82 Å².